The van der Waals surface area contributed by atoms with Crippen LogP contribution in [0.3, 0.4) is 0 Å². The Kier molecular flexibility index (Phi) is 6.52. The van der Waals surface area contributed by atoms with Crippen LogP contribution in [0, 0.1) is 11.8 Å². The first kappa shape index (κ1) is 16.3. The topological polar surface area (TPSA) is 38.7 Å². The summed E-state index contributed by atoms with van der Waals surface area (Å²) >= 11 is 0. The molecular formula is C18H28O3. The molecule has 0 spiro atoms. The second kappa shape index (κ2) is 8.40. The van der Waals surface area contributed by atoms with Crippen molar-refractivity contribution in [3.8, 4) is 5.75 Å². The minimum Gasteiger partial charge on any atom is -0.494 e. The van der Waals surface area contributed by atoms with Crippen molar-refractivity contribution in [2.24, 2.45) is 11.8 Å². The third-order valence-electron chi connectivity index (χ3n) is 4.65. The average Bonchev–Trinajstić information content (AvgIpc) is 2.52. The van der Waals surface area contributed by atoms with Gasteiger partial charge in [0, 0.05) is 0 Å². The second-order valence-corrected chi connectivity index (χ2v) is 6.10. The van der Waals surface area contributed by atoms with Crippen molar-refractivity contribution < 1.29 is 14.9 Å². The van der Waals surface area contributed by atoms with Crippen LogP contribution in [0.2, 0.25) is 0 Å². The van der Waals surface area contributed by atoms with Crippen LogP contribution in [0.15, 0.2) is 24.3 Å². The van der Waals surface area contributed by atoms with Gasteiger partial charge in [-0.25, -0.2) is 4.89 Å². The van der Waals surface area contributed by atoms with E-state index in [2.05, 4.69) is 6.92 Å². The van der Waals surface area contributed by atoms with Crippen LogP contribution in [-0.4, -0.2) is 11.9 Å². The molecule has 1 N–H and O–H groups in total. The molecule has 1 saturated carbocycles. The Balaban J connectivity index is 1.96. The van der Waals surface area contributed by atoms with Gasteiger partial charge in [-0.05, 0) is 49.3 Å². The standard InChI is InChI=1S/C18H28O3/c1-3-5-14-6-8-15(9-7-14)18(21-19)16-10-12-17(13-11-16)20-4-2/h10-15,18-19H,3-9H2,1-2H3. The fourth-order valence-electron chi connectivity index (χ4n) is 3.53. The van der Waals surface area contributed by atoms with Crippen LogP contribution >= 0.6 is 0 Å². The molecule has 1 atom stereocenters. The molecule has 0 bridgehead atoms. The summed E-state index contributed by atoms with van der Waals surface area (Å²) in [7, 11) is 0. The quantitative estimate of drug-likeness (QED) is 0.553. The monoisotopic (exact) mass is 292 g/mol. The van der Waals surface area contributed by atoms with E-state index in [0.717, 1.165) is 30.1 Å². The molecular weight excluding hydrogens is 264 g/mol. The van der Waals surface area contributed by atoms with Gasteiger partial charge in [0.05, 0.1) is 6.61 Å². The molecule has 2 rings (SSSR count). The van der Waals surface area contributed by atoms with Crippen molar-refractivity contribution in [3.63, 3.8) is 0 Å². The van der Waals surface area contributed by atoms with Gasteiger partial charge in [-0.15, -0.1) is 0 Å². The van der Waals surface area contributed by atoms with Gasteiger partial charge in [-0.1, -0.05) is 44.7 Å². The van der Waals surface area contributed by atoms with Crippen molar-refractivity contribution in [2.45, 2.75) is 58.5 Å². The van der Waals surface area contributed by atoms with Gasteiger partial charge in [0.15, 0.2) is 0 Å². The minimum absolute atomic E-state index is 0.205. The van der Waals surface area contributed by atoms with E-state index in [1.807, 2.05) is 31.2 Å². The van der Waals surface area contributed by atoms with Crippen LogP contribution in [0.4, 0.5) is 0 Å². The number of hydrogen-bond donors (Lipinski definition) is 1. The maximum atomic E-state index is 9.34. The van der Waals surface area contributed by atoms with E-state index < -0.39 is 0 Å². The molecule has 0 radical (unpaired) electrons. The maximum absolute atomic E-state index is 9.34. The van der Waals surface area contributed by atoms with E-state index in [0.29, 0.717) is 12.5 Å². The molecule has 0 amide bonds. The smallest absolute Gasteiger partial charge is 0.120 e. The minimum atomic E-state index is -0.205. The van der Waals surface area contributed by atoms with Gasteiger partial charge >= 0.3 is 0 Å². The first-order valence-electron chi connectivity index (χ1n) is 8.31. The molecule has 1 aliphatic rings. The number of rotatable bonds is 7. The highest BCUT2D eigenvalue weighted by Crippen LogP contribution is 2.40. The highest BCUT2D eigenvalue weighted by atomic mass is 17.1. The summed E-state index contributed by atoms with van der Waals surface area (Å²) in [6.45, 7) is 4.90. The van der Waals surface area contributed by atoms with Gasteiger partial charge < -0.3 is 4.74 Å². The average molecular weight is 292 g/mol. The summed E-state index contributed by atoms with van der Waals surface area (Å²) in [5, 5.41) is 9.34. The van der Waals surface area contributed by atoms with E-state index >= 15 is 0 Å². The van der Waals surface area contributed by atoms with E-state index in [-0.39, 0.29) is 6.10 Å². The summed E-state index contributed by atoms with van der Waals surface area (Å²) in [5.74, 6) is 2.15. The molecule has 0 saturated heterocycles. The third-order valence-corrected chi connectivity index (χ3v) is 4.65. The lowest BCUT2D eigenvalue weighted by atomic mass is 9.76. The van der Waals surface area contributed by atoms with Gasteiger partial charge in [0.25, 0.3) is 0 Å². The highest BCUT2D eigenvalue weighted by Gasteiger charge is 2.29. The molecule has 0 heterocycles. The zero-order chi connectivity index (χ0) is 15.1. The van der Waals surface area contributed by atoms with Gasteiger partial charge in [0.1, 0.15) is 11.9 Å². The normalized spacial score (nSPS) is 23.8. The van der Waals surface area contributed by atoms with Crippen LogP contribution in [0.25, 0.3) is 0 Å². The lowest BCUT2D eigenvalue weighted by molar-refractivity contribution is -0.296. The summed E-state index contributed by atoms with van der Waals surface area (Å²) in [5.41, 5.74) is 1.04. The van der Waals surface area contributed by atoms with Crippen molar-refractivity contribution in [3.05, 3.63) is 29.8 Å². The lowest BCUT2D eigenvalue weighted by Crippen LogP contribution is -2.22. The Hall–Kier alpha value is -1.06. The number of hydrogen-bond acceptors (Lipinski definition) is 3. The molecule has 1 fully saturated rings. The Labute approximate surface area is 128 Å². The van der Waals surface area contributed by atoms with Gasteiger partial charge in [-0.3, -0.25) is 5.26 Å². The van der Waals surface area contributed by atoms with Crippen LogP contribution in [0.5, 0.6) is 5.75 Å². The molecule has 1 unspecified atom stereocenters. The first-order chi connectivity index (χ1) is 10.3. The third kappa shape index (κ3) is 4.45. The lowest BCUT2D eigenvalue weighted by Gasteiger charge is -2.32. The summed E-state index contributed by atoms with van der Waals surface area (Å²) in [6, 6.07) is 7.91. The SMILES string of the molecule is CCCC1CCC(C(OO)c2ccc(OCC)cc2)CC1. The summed E-state index contributed by atoms with van der Waals surface area (Å²) in [6.07, 6.45) is 7.20. The van der Waals surface area contributed by atoms with Crippen molar-refractivity contribution in [1.82, 2.24) is 0 Å². The maximum Gasteiger partial charge on any atom is 0.120 e. The zero-order valence-corrected chi connectivity index (χ0v) is 13.3. The zero-order valence-electron chi connectivity index (χ0n) is 13.3. The predicted octanol–water partition coefficient (Wildman–Crippen LogP) is 5.22. The van der Waals surface area contributed by atoms with Gasteiger partial charge in [-0.2, -0.15) is 0 Å². The first-order valence-corrected chi connectivity index (χ1v) is 8.31. The van der Waals surface area contributed by atoms with Crippen LogP contribution < -0.4 is 4.74 Å². The van der Waals surface area contributed by atoms with Crippen molar-refractivity contribution >= 4 is 0 Å². The van der Waals surface area contributed by atoms with E-state index in [1.165, 1.54) is 25.7 Å². The molecule has 1 aromatic carbocycles. The van der Waals surface area contributed by atoms with Crippen molar-refractivity contribution in [1.29, 1.82) is 0 Å². The molecule has 1 aromatic rings. The molecule has 3 nitrogen and oxygen atoms in total. The molecule has 1 aliphatic carbocycles. The number of benzene rings is 1. The Morgan fingerprint density at radius 2 is 1.76 bits per heavy atom. The fraction of sp³-hybridized carbons (Fsp3) is 0.667. The predicted molar refractivity (Wildman–Crippen MR) is 84.4 cm³/mol. The molecule has 21 heavy (non-hydrogen) atoms. The Morgan fingerprint density at radius 1 is 1.10 bits per heavy atom. The second-order valence-electron chi connectivity index (χ2n) is 6.10. The van der Waals surface area contributed by atoms with E-state index in [1.54, 1.807) is 0 Å². The summed E-state index contributed by atoms with van der Waals surface area (Å²) < 4.78 is 5.46. The fourth-order valence-corrected chi connectivity index (χ4v) is 3.53. The van der Waals surface area contributed by atoms with E-state index in [9.17, 15) is 5.26 Å². The molecule has 0 aliphatic heterocycles. The molecule has 0 aromatic heterocycles. The van der Waals surface area contributed by atoms with Crippen LogP contribution in [-0.2, 0) is 4.89 Å². The van der Waals surface area contributed by atoms with Crippen molar-refractivity contribution in [2.75, 3.05) is 6.61 Å². The highest BCUT2D eigenvalue weighted by molar-refractivity contribution is 5.29. The van der Waals surface area contributed by atoms with E-state index in [4.69, 9.17) is 9.62 Å². The number of ether oxygens (including phenoxy) is 1. The van der Waals surface area contributed by atoms with Crippen LogP contribution in [0.1, 0.15) is 64.0 Å². The molecule has 3 heteroatoms. The van der Waals surface area contributed by atoms with Gasteiger partial charge in [0.2, 0.25) is 0 Å². The summed E-state index contributed by atoms with van der Waals surface area (Å²) in [4.78, 5) is 4.83. The Morgan fingerprint density at radius 3 is 2.29 bits per heavy atom. The molecule has 118 valence electrons. The Bertz CT molecular complexity index is 393. The largest absolute Gasteiger partial charge is 0.494 e.